The van der Waals surface area contributed by atoms with Crippen molar-refractivity contribution in [3.8, 4) is 0 Å². The summed E-state index contributed by atoms with van der Waals surface area (Å²) in [5.41, 5.74) is 4.73. The molecule has 2 aliphatic rings. The lowest BCUT2D eigenvalue weighted by Crippen LogP contribution is -2.32. The van der Waals surface area contributed by atoms with Crippen LogP contribution in [0.4, 0.5) is 0 Å². The van der Waals surface area contributed by atoms with Gasteiger partial charge in [0, 0.05) is 19.9 Å². The molecule has 3 aromatic rings. The number of carbonyl (C=O) groups excluding carboxylic acids is 1. The third-order valence-electron chi connectivity index (χ3n) is 6.29. The highest BCUT2D eigenvalue weighted by atomic mass is 79.9. The van der Waals surface area contributed by atoms with Gasteiger partial charge in [-0.1, -0.05) is 79.3 Å². The van der Waals surface area contributed by atoms with Crippen molar-refractivity contribution >= 4 is 72.8 Å². The third kappa shape index (κ3) is 4.76. The quantitative estimate of drug-likeness (QED) is 0.288. The molecule has 3 nitrogen and oxygen atoms in total. The van der Waals surface area contributed by atoms with Crippen molar-refractivity contribution in [1.29, 1.82) is 0 Å². The number of fused-ring (bicyclic) bond motifs is 1. The van der Waals surface area contributed by atoms with E-state index in [-0.39, 0.29) is 17.9 Å². The maximum Gasteiger partial charge on any atom is 0.276 e. The van der Waals surface area contributed by atoms with E-state index in [0.29, 0.717) is 15.6 Å². The van der Waals surface area contributed by atoms with Gasteiger partial charge in [0.25, 0.3) is 5.91 Å². The molecule has 1 aliphatic heterocycles. The van der Waals surface area contributed by atoms with E-state index < -0.39 is 0 Å². The largest absolute Gasteiger partial charge is 0.276 e. The zero-order valence-corrected chi connectivity index (χ0v) is 22.7. The minimum atomic E-state index is -0.223. The minimum Gasteiger partial charge on any atom is -0.267 e. The number of hydrogen-bond donors (Lipinski definition) is 0. The fourth-order valence-corrected chi connectivity index (χ4v) is 5.73. The molecule has 7 heteroatoms. The van der Waals surface area contributed by atoms with Gasteiger partial charge >= 0.3 is 0 Å². The topological polar surface area (TPSA) is 32.7 Å². The van der Waals surface area contributed by atoms with Gasteiger partial charge in [-0.3, -0.25) is 4.79 Å². The molecule has 5 rings (SSSR count). The molecule has 0 unspecified atom stereocenters. The van der Waals surface area contributed by atoms with Crippen molar-refractivity contribution in [3.05, 3.63) is 108 Å². The summed E-state index contributed by atoms with van der Waals surface area (Å²) in [5, 5.41) is 7.39. The van der Waals surface area contributed by atoms with Gasteiger partial charge in [-0.25, -0.2) is 5.01 Å². The molecule has 1 fully saturated rings. The van der Waals surface area contributed by atoms with Gasteiger partial charge in [0.15, 0.2) is 0 Å². The highest BCUT2D eigenvalue weighted by molar-refractivity contribution is 9.10. The number of carbonyl (C=O) groups is 1. The van der Waals surface area contributed by atoms with Gasteiger partial charge in [0.05, 0.1) is 22.3 Å². The van der Waals surface area contributed by atoms with E-state index in [2.05, 4.69) is 62.2 Å². The van der Waals surface area contributed by atoms with E-state index in [9.17, 15) is 4.79 Å². The van der Waals surface area contributed by atoms with Gasteiger partial charge in [0.1, 0.15) is 0 Å². The molecule has 34 heavy (non-hydrogen) atoms. The van der Waals surface area contributed by atoms with Crippen LogP contribution in [0, 0.1) is 5.92 Å². The zero-order chi connectivity index (χ0) is 23.8. The first kappa shape index (κ1) is 23.8. The molecule has 0 N–H and O–H groups in total. The summed E-state index contributed by atoms with van der Waals surface area (Å²) < 4.78 is 2.04. The number of allylic oxidation sites excluding steroid dienone is 1. The molecular formula is C27H20Br2Cl2N2O. The van der Waals surface area contributed by atoms with Crippen LogP contribution in [0.1, 0.15) is 46.8 Å². The monoisotopic (exact) mass is 616 g/mol. The van der Waals surface area contributed by atoms with Gasteiger partial charge in [0.2, 0.25) is 0 Å². The molecule has 1 aliphatic carbocycles. The number of halogens is 4. The van der Waals surface area contributed by atoms with Gasteiger partial charge < -0.3 is 0 Å². The summed E-state index contributed by atoms with van der Waals surface area (Å²) in [6, 6.07) is 21.1. The van der Waals surface area contributed by atoms with E-state index >= 15 is 0 Å². The molecule has 0 saturated heterocycles. The second kappa shape index (κ2) is 9.98. The van der Waals surface area contributed by atoms with Crippen LogP contribution in [0.2, 0.25) is 10.0 Å². The van der Waals surface area contributed by atoms with Crippen molar-refractivity contribution in [2.45, 2.75) is 25.3 Å². The standard InChI is InChI=1S/C27H20Br2Cl2N2O/c28-19-8-4-16(5-9-19)14-18-2-1-3-23-25(18)32-33(26(23)17-6-10-20(29)11-7-17)27(34)22-13-12-21(30)15-24(22)31/h4-15,23,26H,1-3H2/b18-14-/t23-,26+/m0/s1. The summed E-state index contributed by atoms with van der Waals surface area (Å²) in [7, 11) is 0. The molecule has 1 heterocycles. The first-order chi connectivity index (χ1) is 16.4. The highest BCUT2D eigenvalue weighted by Crippen LogP contribution is 2.45. The molecule has 2 atom stereocenters. The first-order valence-electron chi connectivity index (χ1n) is 11.0. The average Bonchev–Trinajstić information content (AvgIpc) is 3.21. The highest BCUT2D eigenvalue weighted by Gasteiger charge is 2.44. The Morgan fingerprint density at radius 3 is 2.32 bits per heavy atom. The Kier molecular flexibility index (Phi) is 6.99. The molecule has 0 aromatic heterocycles. The Labute approximate surface area is 225 Å². The van der Waals surface area contributed by atoms with Crippen LogP contribution in [0.5, 0.6) is 0 Å². The first-order valence-corrected chi connectivity index (χ1v) is 13.3. The Hall–Kier alpha value is -1.92. The summed E-state index contributed by atoms with van der Waals surface area (Å²) >= 11 is 19.5. The molecular weight excluding hydrogens is 599 g/mol. The third-order valence-corrected chi connectivity index (χ3v) is 7.90. The fourth-order valence-electron chi connectivity index (χ4n) is 4.71. The van der Waals surface area contributed by atoms with Crippen LogP contribution in [-0.2, 0) is 0 Å². The van der Waals surface area contributed by atoms with E-state index in [1.807, 2.05) is 24.3 Å². The Bertz CT molecular complexity index is 1300. The Morgan fingerprint density at radius 2 is 1.65 bits per heavy atom. The minimum absolute atomic E-state index is 0.117. The molecule has 172 valence electrons. The lowest BCUT2D eigenvalue weighted by molar-refractivity contribution is 0.0681. The van der Waals surface area contributed by atoms with Gasteiger partial charge in [-0.15, -0.1) is 0 Å². The second-order valence-electron chi connectivity index (χ2n) is 8.48. The Balaban J connectivity index is 1.59. The van der Waals surface area contributed by atoms with Gasteiger partial charge in [-0.2, -0.15) is 5.10 Å². The number of benzene rings is 3. The molecule has 1 amide bonds. The second-order valence-corrected chi connectivity index (χ2v) is 11.2. The predicted molar refractivity (Wildman–Crippen MR) is 146 cm³/mol. The summed E-state index contributed by atoms with van der Waals surface area (Å²) in [4.78, 5) is 13.7. The van der Waals surface area contributed by atoms with Crippen LogP contribution in [0.25, 0.3) is 6.08 Å². The average molecular weight is 619 g/mol. The number of nitrogens with zero attached hydrogens (tertiary/aromatic N) is 2. The van der Waals surface area contributed by atoms with Crippen LogP contribution in [-0.4, -0.2) is 16.6 Å². The molecule has 0 spiro atoms. The number of hydrogen-bond acceptors (Lipinski definition) is 2. The van der Waals surface area contributed by atoms with Crippen molar-refractivity contribution in [2.75, 3.05) is 0 Å². The number of rotatable bonds is 3. The van der Waals surface area contributed by atoms with Crippen molar-refractivity contribution in [1.82, 2.24) is 5.01 Å². The zero-order valence-electron chi connectivity index (χ0n) is 18.0. The smallest absolute Gasteiger partial charge is 0.267 e. The predicted octanol–water partition coefficient (Wildman–Crippen LogP) is 8.96. The Morgan fingerprint density at radius 1 is 0.971 bits per heavy atom. The SMILES string of the molecule is O=C(c1ccc(Cl)cc1Cl)N1N=C2/C(=C\c3ccc(Br)cc3)CCC[C@@H]2[C@H]1c1ccc(Br)cc1. The molecule has 0 bridgehead atoms. The van der Waals surface area contributed by atoms with Crippen LogP contribution in [0.15, 0.2) is 86.3 Å². The summed E-state index contributed by atoms with van der Waals surface area (Å²) in [6.07, 6.45) is 5.14. The fraction of sp³-hybridized carbons (Fsp3) is 0.185. The van der Waals surface area contributed by atoms with Crippen LogP contribution < -0.4 is 0 Å². The van der Waals surface area contributed by atoms with E-state index in [1.54, 1.807) is 23.2 Å². The molecule has 3 aromatic carbocycles. The van der Waals surface area contributed by atoms with Crippen LogP contribution in [0.3, 0.4) is 0 Å². The van der Waals surface area contributed by atoms with Crippen LogP contribution >= 0.6 is 55.1 Å². The molecule has 0 radical (unpaired) electrons. The normalized spacial score (nSPS) is 20.9. The number of amides is 1. The maximum absolute atomic E-state index is 13.7. The summed E-state index contributed by atoms with van der Waals surface area (Å²) in [6.45, 7) is 0. The maximum atomic E-state index is 13.7. The van der Waals surface area contributed by atoms with Gasteiger partial charge in [-0.05, 0) is 84.5 Å². The lowest BCUT2D eigenvalue weighted by atomic mass is 9.77. The molecule has 1 saturated carbocycles. The van der Waals surface area contributed by atoms with Crippen molar-refractivity contribution in [3.63, 3.8) is 0 Å². The summed E-state index contributed by atoms with van der Waals surface area (Å²) in [5.74, 6) is -0.105. The number of hydrazone groups is 1. The van der Waals surface area contributed by atoms with E-state index in [4.69, 9.17) is 28.3 Å². The lowest BCUT2D eigenvalue weighted by Gasteiger charge is -2.30. The van der Waals surface area contributed by atoms with Crippen molar-refractivity contribution < 1.29 is 4.79 Å². The van der Waals surface area contributed by atoms with Crippen molar-refractivity contribution in [2.24, 2.45) is 11.0 Å². The van der Waals surface area contributed by atoms with E-state index in [0.717, 1.165) is 45.0 Å². The van der Waals surface area contributed by atoms with E-state index in [1.165, 1.54) is 5.57 Å².